The van der Waals surface area contributed by atoms with Crippen LogP contribution < -0.4 is 10.1 Å². The van der Waals surface area contributed by atoms with Gasteiger partial charge in [0.25, 0.3) is 0 Å². The highest BCUT2D eigenvalue weighted by Gasteiger charge is 2.21. The number of fused-ring (bicyclic) bond motifs is 2. The molecule has 27 heavy (non-hydrogen) atoms. The summed E-state index contributed by atoms with van der Waals surface area (Å²) < 4.78 is 5.87. The van der Waals surface area contributed by atoms with Crippen molar-refractivity contribution in [2.45, 2.75) is 51.0 Å². The molecule has 0 radical (unpaired) electrons. The first-order valence-electron chi connectivity index (χ1n) is 10.0. The van der Waals surface area contributed by atoms with E-state index in [4.69, 9.17) is 4.74 Å². The molecule has 2 aliphatic rings. The Balaban J connectivity index is 1.35. The standard InChI is InChI=1S/C23H27NO3/c25-17(14-24-21-11-3-7-16-6-1-2-8-18(16)21)15-27-23-13-5-9-19-20(23)10-4-12-22(19)26/h3,5,7,9,11,13,17,24-25H,1-2,4,6,8,10,12,14-15H2/t17-/m1/s1. The molecular formula is C23H27NO3. The van der Waals surface area contributed by atoms with Crippen LogP contribution in [0.15, 0.2) is 36.4 Å². The Labute approximate surface area is 160 Å². The molecule has 0 amide bonds. The summed E-state index contributed by atoms with van der Waals surface area (Å²) in [6.45, 7) is 0.664. The second-order valence-electron chi connectivity index (χ2n) is 7.56. The zero-order valence-corrected chi connectivity index (χ0v) is 15.7. The molecule has 1 atom stereocenters. The first-order chi connectivity index (χ1) is 13.2. The zero-order chi connectivity index (χ0) is 18.6. The number of aliphatic hydroxyl groups is 1. The zero-order valence-electron chi connectivity index (χ0n) is 15.7. The maximum absolute atomic E-state index is 12.0. The fourth-order valence-corrected chi connectivity index (χ4v) is 4.20. The van der Waals surface area contributed by atoms with Crippen molar-refractivity contribution in [3.8, 4) is 5.75 Å². The highest BCUT2D eigenvalue weighted by molar-refractivity contribution is 5.99. The average molecular weight is 365 g/mol. The minimum Gasteiger partial charge on any atom is -0.491 e. The highest BCUT2D eigenvalue weighted by atomic mass is 16.5. The number of hydrogen-bond acceptors (Lipinski definition) is 4. The molecule has 2 aromatic carbocycles. The molecule has 2 N–H and O–H groups in total. The molecule has 142 valence electrons. The van der Waals surface area contributed by atoms with Gasteiger partial charge >= 0.3 is 0 Å². The molecule has 4 nitrogen and oxygen atoms in total. The second kappa shape index (κ2) is 8.13. The van der Waals surface area contributed by atoms with Crippen LogP contribution in [0, 0.1) is 0 Å². The SMILES string of the molecule is O=C1CCCc2c(OC[C@H](O)CNc3cccc4c3CCCC4)cccc21. The Bertz CT molecular complexity index is 830. The second-order valence-corrected chi connectivity index (χ2v) is 7.56. The average Bonchev–Trinajstić information content (AvgIpc) is 2.71. The summed E-state index contributed by atoms with van der Waals surface area (Å²) in [5.74, 6) is 0.925. The van der Waals surface area contributed by atoms with Gasteiger partial charge < -0.3 is 15.2 Å². The van der Waals surface area contributed by atoms with Crippen molar-refractivity contribution >= 4 is 11.5 Å². The van der Waals surface area contributed by atoms with Crippen molar-refractivity contribution in [3.63, 3.8) is 0 Å². The minimum absolute atomic E-state index is 0.192. The van der Waals surface area contributed by atoms with E-state index in [-0.39, 0.29) is 12.4 Å². The predicted octanol–water partition coefficient (Wildman–Crippen LogP) is 3.94. The van der Waals surface area contributed by atoms with Crippen LogP contribution in [-0.4, -0.2) is 30.1 Å². The maximum atomic E-state index is 12.0. The van der Waals surface area contributed by atoms with Crippen molar-refractivity contribution in [1.82, 2.24) is 0 Å². The molecule has 0 aliphatic heterocycles. The third-order valence-electron chi connectivity index (χ3n) is 5.62. The van der Waals surface area contributed by atoms with Gasteiger partial charge in [-0.05, 0) is 61.8 Å². The van der Waals surface area contributed by atoms with Crippen LogP contribution in [0.4, 0.5) is 5.69 Å². The number of rotatable bonds is 6. The van der Waals surface area contributed by atoms with Crippen LogP contribution >= 0.6 is 0 Å². The number of ether oxygens (including phenoxy) is 1. The van der Waals surface area contributed by atoms with E-state index >= 15 is 0 Å². The van der Waals surface area contributed by atoms with Gasteiger partial charge in [-0.1, -0.05) is 24.3 Å². The Hall–Kier alpha value is -2.33. The van der Waals surface area contributed by atoms with Crippen LogP contribution in [-0.2, 0) is 19.3 Å². The normalized spacial score (nSPS) is 17.0. The highest BCUT2D eigenvalue weighted by Crippen LogP contribution is 2.30. The molecular weight excluding hydrogens is 338 g/mol. The largest absolute Gasteiger partial charge is 0.491 e. The lowest BCUT2D eigenvalue weighted by Gasteiger charge is -2.22. The van der Waals surface area contributed by atoms with Gasteiger partial charge in [-0.2, -0.15) is 0 Å². The number of anilines is 1. The van der Waals surface area contributed by atoms with Gasteiger partial charge in [0, 0.05) is 29.8 Å². The lowest BCUT2D eigenvalue weighted by Crippen LogP contribution is -2.27. The molecule has 4 heteroatoms. The molecule has 0 heterocycles. The number of aliphatic hydroxyl groups excluding tert-OH is 1. The van der Waals surface area contributed by atoms with E-state index < -0.39 is 6.10 Å². The fraction of sp³-hybridized carbons (Fsp3) is 0.435. The van der Waals surface area contributed by atoms with E-state index in [0.29, 0.717) is 13.0 Å². The van der Waals surface area contributed by atoms with E-state index in [1.165, 1.54) is 24.0 Å². The number of Topliss-reactive ketones (excluding diaryl/α,β-unsaturated/α-hetero) is 1. The van der Waals surface area contributed by atoms with Gasteiger partial charge in [0.15, 0.2) is 5.78 Å². The molecule has 0 saturated heterocycles. The third kappa shape index (κ3) is 4.01. The summed E-state index contributed by atoms with van der Waals surface area (Å²) in [4.78, 5) is 12.0. The van der Waals surface area contributed by atoms with Gasteiger partial charge in [0.05, 0.1) is 0 Å². The maximum Gasteiger partial charge on any atom is 0.163 e. The number of nitrogens with one attached hydrogen (secondary N) is 1. The van der Waals surface area contributed by atoms with Crippen molar-refractivity contribution < 1.29 is 14.6 Å². The van der Waals surface area contributed by atoms with Crippen molar-refractivity contribution in [2.75, 3.05) is 18.5 Å². The Kier molecular flexibility index (Phi) is 5.44. The van der Waals surface area contributed by atoms with E-state index in [1.807, 2.05) is 18.2 Å². The molecule has 4 rings (SSSR count). The van der Waals surface area contributed by atoms with Crippen LogP contribution in [0.3, 0.4) is 0 Å². The Morgan fingerprint density at radius 2 is 1.78 bits per heavy atom. The quantitative estimate of drug-likeness (QED) is 0.814. The Morgan fingerprint density at radius 3 is 2.70 bits per heavy atom. The van der Waals surface area contributed by atoms with E-state index in [1.54, 1.807) is 0 Å². The molecule has 2 aromatic rings. The third-order valence-corrected chi connectivity index (χ3v) is 5.62. The monoisotopic (exact) mass is 365 g/mol. The molecule has 0 aromatic heterocycles. The van der Waals surface area contributed by atoms with E-state index in [2.05, 4.69) is 23.5 Å². The van der Waals surface area contributed by atoms with Gasteiger partial charge in [-0.25, -0.2) is 0 Å². The van der Waals surface area contributed by atoms with E-state index in [9.17, 15) is 9.90 Å². The molecule has 0 bridgehead atoms. The number of carbonyl (C=O) groups excluding carboxylic acids is 1. The smallest absolute Gasteiger partial charge is 0.163 e. The number of carbonyl (C=O) groups is 1. The molecule has 0 saturated carbocycles. The van der Waals surface area contributed by atoms with Crippen molar-refractivity contribution in [1.29, 1.82) is 0 Å². The van der Waals surface area contributed by atoms with Crippen molar-refractivity contribution in [2.24, 2.45) is 0 Å². The summed E-state index contributed by atoms with van der Waals surface area (Å²) >= 11 is 0. The topological polar surface area (TPSA) is 58.6 Å². The van der Waals surface area contributed by atoms with Crippen LogP contribution in [0.1, 0.15) is 52.7 Å². The van der Waals surface area contributed by atoms with Crippen LogP contribution in [0.2, 0.25) is 0 Å². The summed E-state index contributed by atoms with van der Waals surface area (Å²) in [7, 11) is 0. The summed E-state index contributed by atoms with van der Waals surface area (Å²) in [6, 6.07) is 12.0. The van der Waals surface area contributed by atoms with Gasteiger partial charge in [0.2, 0.25) is 0 Å². The number of aryl methyl sites for hydroxylation is 1. The molecule has 0 spiro atoms. The molecule has 2 aliphatic carbocycles. The predicted molar refractivity (Wildman–Crippen MR) is 107 cm³/mol. The van der Waals surface area contributed by atoms with Gasteiger partial charge in [0.1, 0.15) is 18.5 Å². The van der Waals surface area contributed by atoms with Crippen LogP contribution in [0.5, 0.6) is 5.75 Å². The first-order valence-corrected chi connectivity index (χ1v) is 10.0. The Morgan fingerprint density at radius 1 is 0.963 bits per heavy atom. The lowest BCUT2D eigenvalue weighted by molar-refractivity contribution is 0.0969. The van der Waals surface area contributed by atoms with Crippen molar-refractivity contribution in [3.05, 3.63) is 58.7 Å². The van der Waals surface area contributed by atoms with Crippen LogP contribution in [0.25, 0.3) is 0 Å². The summed E-state index contributed by atoms with van der Waals surface area (Å²) in [6.07, 6.45) is 6.48. The fourth-order valence-electron chi connectivity index (χ4n) is 4.20. The lowest BCUT2D eigenvalue weighted by atomic mass is 9.90. The molecule has 0 fully saturated rings. The minimum atomic E-state index is -0.611. The number of hydrogen-bond donors (Lipinski definition) is 2. The van der Waals surface area contributed by atoms with Gasteiger partial charge in [-0.3, -0.25) is 4.79 Å². The first kappa shape index (κ1) is 18.1. The summed E-state index contributed by atoms with van der Waals surface area (Å²) in [5, 5.41) is 13.8. The van der Waals surface area contributed by atoms with E-state index in [0.717, 1.165) is 48.2 Å². The molecule has 0 unspecified atom stereocenters. The summed E-state index contributed by atoms with van der Waals surface area (Å²) in [5.41, 5.74) is 5.73. The van der Waals surface area contributed by atoms with Gasteiger partial charge in [-0.15, -0.1) is 0 Å². The number of ketones is 1. The number of benzene rings is 2.